The molecule has 0 heterocycles. The van der Waals surface area contributed by atoms with Gasteiger partial charge in [0.05, 0.1) is 0 Å². The molecule has 34 valence electrons. The molecule has 0 aliphatic heterocycles. The molecule has 0 aromatic carbocycles. The van der Waals surface area contributed by atoms with Crippen molar-refractivity contribution in [3.63, 3.8) is 0 Å². The van der Waals surface area contributed by atoms with E-state index in [9.17, 15) is 0 Å². The van der Waals surface area contributed by atoms with Gasteiger partial charge >= 0.3 is 45.9 Å². The third-order valence-corrected chi connectivity index (χ3v) is 0. The molecule has 5 heteroatoms. The molecule has 0 spiro atoms. The van der Waals surface area contributed by atoms with Gasteiger partial charge in [-0.15, -0.1) is 0 Å². The van der Waals surface area contributed by atoms with Gasteiger partial charge < -0.3 is 0 Å². The van der Waals surface area contributed by atoms with Crippen LogP contribution in [0, 0.1) is 0 Å². The number of hydrogen-bond donors (Lipinski definition) is 3. The van der Waals surface area contributed by atoms with Crippen LogP contribution in [0.2, 0.25) is 0 Å². The molecule has 0 saturated carbocycles. The fourth-order valence-corrected chi connectivity index (χ4v) is 0. The van der Waals surface area contributed by atoms with Crippen molar-refractivity contribution >= 4 is 33.6 Å². The van der Waals surface area contributed by atoms with Gasteiger partial charge in [0.15, 0.2) is 0 Å². The van der Waals surface area contributed by atoms with Gasteiger partial charge in [-0.3, -0.25) is 0 Å². The van der Waals surface area contributed by atoms with Crippen molar-refractivity contribution in [2.24, 2.45) is 0 Å². The zero-order valence-electron chi connectivity index (χ0n) is 2.50. The van der Waals surface area contributed by atoms with Crippen LogP contribution < -0.4 is 0 Å². The van der Waals surface area contributed by atoms with E-state index in [2.05, 4.69) is 0 Å². The molecule has 1 unspecified atom stereocenters. The van der Waals surface area contributed by atoms with Crippen molar-refractivity contribution in [1.82, 2.24) is 0 Å². The van der Waals surface area contributed by atoms with Crippen LogP contribution in [0.5, 0.6) is 0 Å². The standard InChI is InChI=1S/AsH3O3.AsH3/c2-1(3)4;/h2-4H;1H3. The van der Waals surface area contributed by atoms with Crippen molar-refractivity contribution in [2.75, 3.05) is 0 Å². The Hall–Kier alpha value is 0.997. The Kier molecular flexibility index (Phi) is 9.37. The zero-order valence-corrected chi connectivity index (χ0v) is 7.34. The van der Waals surface area contributed by atoms with Gasteiger partial charge in [-0.05, 0) is 0 Å². The third-order valence-electron chi connectivity index (χ3n) is 0. The van der Waals surface area contributed by atoms with Crippen LogP contribution >= 0.6 is 0 Å². The minimum atomic E-state index is -3.19. The molecule has 0 fully saturated rings. The first-order valence-electron chi connectivity index (χ1n) is 0.600. The monoisotopic (exact) mass is 204 g/mol. The SMILES string of the molecule is O[As](O)O.[AsH3]. The molecule has 0 rings (SSSR count). The molecule has 0 radical (unpaired) electrons. The normalized spacial score (nSPS) is 7.20. The second-order valence-electron chi connectivity index (χ2n) is 0.268. The van der Waals surface area contributed by atoms with E-state index < -0.39 is 15.7 Å². The molecular formula is H6As2O3. The van der Waals surface area contributed by atoms with E-state index in [1.54, 1.807) is 0 Å². The minimum absolute atomic E-state index is 0. The van der Waals surface area contributed by atoms with Crippen LogP contribution in [-0.2, 0) is 0 Å². The van der Waals surface area contributed by atoms with Gasteiger partial charge in [-0.2, -0.15) is 0 Å². The summed E-state index contributed by atoms with van der Waals surface area (Å²) in [6, 6.07) is 0. The fourth-order valence-electron chi connectivity index (χ4n) is 0. The van der Waals surface area contributed by atoms with Gasteiger partial charge in [-0.1, -0.05) is 0 Å². The van der Waals surface area contributed by atoms with Crippen molar-refractivity contribution in [3.8, 4) is 0 Å². The van der Waals surface area contributed by atoms with Crippen molar-refractivity contribution < 1.29 is 12.3 Å². The summed E-state index contributed by atoms with van der Waals surface area (Å²) in [4.78, 5) is 0. The molecule has 0 aromatic heterocycles. The molecule has 0 bridgehead atoms. The van der Waals surface area contributed by atoms with Gasteiger partial charge in [-0.25, -0.2) is 0 Å². The van der Waals surface area contributed by atoms with E-state index in [0.717, 1.165) is 0 Å². The van der Waals surface area contributed by atoms with Crippen LogP contribution in [0.1, 0.15) is 0 Å². The summed E-state index contributed by atoms with van der Waals surface area (Å²) in [6.45, 7) is 0. The summed E-state index contributed by atoms with van der Waals surface area (Å²) in [5.41, 5.74) is 0. The summed E-state index contributed by atoms with van der Waals surface area (Å²) in [7, 11) is 0. The fraction of sp³-hybridized carbons (Fsp3) is 0. The molecule has 3 N–H and O–H groups in total. The Labute approximate surface area is 46.3 Å². The average Bonchev–Trinajstić information content (AvgIpc) is 0.811. The van der Waals surface area contributed by atoms with Crippen molar-refractivity contribution in [2.45, 2.75) is 0 Å². The Morgan fingerprint density at radius 1 is 1.00 bits per heavy atom. The maximum atomic E-state index is 7.31. The molecule has 0 saturated heterocycles. The Morgan fingerprint density at radius 2 is 1.00 bits per heavy atom. The number of rotatable bonds is 0. The quantitative estimate of drug-likeness (QED) is 0.363. The summed E-state index contributed by atoms with van der Waals surface area (Å²) >= 11 is -3.19. The maximum absolute atomic E-state index is 7.31. The average molecular weight is 204 g/mol. The van der Waals surface area contributed by atoms with Crippen LogP contribution in [0.3, 0.4) is 0 Å². The molecular weight excluding hydrogens is 198 g/mol. The van der Waals surface area contributed by atoms with Crippen LogP contribution in [0.4, 0.5) is 0 Å². The molecule has 5 heavy (non-hydrogen) atoms. The Morgan fingerprint density at radius 3 is 1.00 bits per heavy atom. The summed E-state index contributed by atoms with van der Waals surface area (Å²) in [5, 5.41) is 0. The predicted molar refractivity (Wildman–Crippen MR) is 22.3 cm³/mol. The van der Waals surface area contributed by atoms with Gasteiger partial charge in [0.1, 0.15) is 0 Å². The van der Waals surface area contributed by atoms with Crippen molar-refractivity contribution in [3.05, 3.63) is 0 Å². The first-order valence-corrected chi connectivity index (χ1v) is 3.12. The van der Waals surface area contributed by atoms with Crippen LogP contribution in [0.15, 0.2) is 0 Å². The predicted octanol–water partition coefficient (Wildman–Crippen LogP) is -3.24. The molecule has 3 nitrogen and oxygen atoms in total. The van der Waals surface area contributed by atoms with E-state index in [0.29, 0.717) is 0 Å². The second kappa shape index (κ2) is 5.00. The Balaban J connectivity index is 0. The third kappa shape index (κ3) is 45.2. The topological polar surface area (TPSA) is 60.7 Å². The van der Waals surface area contributed by atoms with Crippen LogP contribution in [0.25, 0.3) is 0 Å². The molecule has 0 amide bonds. The first-order chi connectivity index (χ1) is 1.73. The van der Waals surface area contributed by atoms with Gasteiger partial charge in [0, 0.05) is 0 Å². The van der Waals surface area contributed by atoms with Crippen LogP contribution in [-0.4, -0.2) is 45.9 Å². The van der Waals surface area contributed by atoms with E-state index >= 15 is 0 Å². The van der Waals surface area contributed by atoms with E-state index in [4.69, 9.17) is 12.3 Å². The van der Waals surface area contributed by atoms with Gasteiger partial charge in [0.25, 0.3) is 0 Å². The molecule has 0 aliphatic carbocycles. The summed E-state index contributed by atoms with van der Waals surface area (Å²) in [5.74, 6) is 0. The molecule has 0 aromatic rings. The first kappa shape index (κ1) is 9.37. The van der Waals surface area contributed by atoms with Gasteiger partial charge in [0.2, 0.25) is 0 Å². The summed E-state index contributed by atoms with van der Waals surface area (Å²) < 4.78 is 21.9. The Bertz CT molecular complexity index is 9.61. The van der Waals surface area contributed by atoms with E-state index in [1.165, 1.54) is 0 Å². The second-order valence-corrected chi connectivity index (χ2v) is 1.39. The van der Waals surface area contributed by atoms with Crippen molar-refractivity contribution in [1.29, 1.82) is 0 Å². The molecule has 0 aliphatic rings. The number of hydrogen-bond acceptors (Lipinski definition) is 3. The molecule has 1 atom stereocenters. The zero-order chi connectivity index (χ0) is 3.58. The van der Waals surface area contributed by atoms with E-state index in [-0.39, 0.29) is 18.0 Å². The summed E-state index contributed by atoms with van der Waals surface area (Å²) in [6.07, 6.45) is 0. The van der Waals surface area contributed by atoms with E-state index in [1.807, 2.05) is 0 Å².